The Morgan fingerprint density at radius 1 is 1.29 bits per heavy atom. The van der Waals surface area contributed by atoms with E-state index < -0.39 is 0 Å². The van der Waals surface area contributed by atoms with Gasteiger partial charge in [0.25, 0.3) is 0 Å². The van der Waals surface area contributed by atoms with Gasteiger partial charge < -0.3 is 10.3 Å². The second kappa shape index (κ2) is 8.15. The van der Waals surface area contributed by atoms with E-state index in [1.165, 1.54) is 0 Å². The van der Waals surface area contributed by atoms with Crippen molar-refractivity contribution in [2.24, 2.45) is 11.7 Å². The molecule has 0 bridgehead atoms. The number of aryl methyl sites for hydroxylation is 1. The molecular weight excluding hydrogens is 286 g/mol. The first kappa shape index (κ1) is 16.0. The van der Waals surface area contributed by atoms with Crippen molar-refractivity contribution in [1.29, 1.82) is 0 Å². The maximum absolute atomic E-state index is 6.14. The second-order valence-corrected chi connectivity index (χ2v) is 5.67. The lowest BCUT2D eigenvalue weighted by Crippen LogP contribution is -2.09. The van der Waals surface area contributed by atoms with Crippen molar-refractivity contribution in [2.75, 3.05) is 6.54 Å². The van der Waals surface area contributed by atoms with E-state index in [4.69, 9.17) is 21.9 Å². The number of halogens is 1. The zero-order valence-corrected chi connectivity index (χ0v) is 13.1. The SMILES string of the molecule is CCC(CCN)CCc1nc(Cc2ccccc2Cl)no1. The van der Waals surface area contributed by atoms with Gasteiger partial charge in [0.1, 0.15) is 0 Å². The molecule has 21 heavy (non-hydrogen) atoms. The Hall–Kier alpha value is -1.39. The van der Waals surface area contributed by atoms with Crippen LogP contribution in [0.25, 0.3) is 0 Å². The molecule has 1 heterocycles. The van der Waals surface area contributed by atoms with Crippen molar-refractivity contribution in [1.82, 2.24) is 10.1 Å². The van der Waals surface area contributed by atoms with Gasteiger partial charge in [-0.3, -0.25) is 0 Å². The van der Waals surface area contributed by atoms with E-state index in [-0.39, 0.29) is 0 Å². The summed E-state index contributed by atoms with van der Waals surface area (Å²) in [6, 6.07) is 7.72. The average molecular weight is 308 g/mol. The van der Waals surface area contributed by atoms with E-state index in [1.54, 1.807) is 0 Å². The number of hydrogen-bond acceptors (Lipinski definition) is 4. The van der Waals surface area contributed by atoms with Crippen LogP contribution in [0, 0.1) is 5.92 Å². The Balaban J connectivity index is 1.91. The maximum Gasteiger partial charge on any atom is 0.226 e. The Bertz CT molecular complexity index is 556. The molecule has 0 aliphatic heterocycles. The largest absolute Gasteiger partial charge is 0.339 e. The summed E-state index contributed by atoms with van der Waals surface area (Å²) in [4.78, 5) is 4.45. The summed E-state index contributed by atoms with van der Waals surface area (Å²) in [6.45, 7) is 2.93. The van der Waals surface area contributed by atoms with E-state index in [2.05, 4.69) is 17.1 Å². The third-order valence-corrected chi connectivity index (χ3v) is 4.10. The first-order valence-electron chi connectivity index (χ1n) is 7.47. The van der Waals surface area contributed by atoms with Crippen LogP contribution >= 0.6 is 11.6 Å². The second-order valence-electron chi connectivity index (χ2n) is 5.26. The van der Waals surface area contributed by atoms with Gasteiger partial charge in [0.05, 0.1) is 0 Å². The molecule has 2 rings (SSSR count). The molecule has 0 aliphatic rings. The molecule has 1 unspecified atom stereocenters. The van der Waals surface area contributed by atoms with Gasteiger partial charge in [-0.25, -0.2) is 0 Å². The van der Waals surface area contributed by atoms with Gasteiger partial charge in [-0.2, -0.15) is 4.98 Å². The molecule has 1 aromatic carbocycles. The van der Waals surface area contributed by atoms with Crippen LogP contribution in [0.1, 0.15) is 43.5 Å². The van der Waals surface area contributed by atoms with Gasteiger partial charge >= 0.3 is 0 Å². The fraction of sp³-hybridized carbons (Fsp3) is 0.500. The predicted molar refractivity (Wildman–Crippen MR) is 84.3 cm³/mol. The molecule has 2 N–H and O–H groups in total. The summed E-state index contributed by atoms with van der Waals surface area (Å²) in [7, 11) is 0. The van der Waals surface area contributed by atoms with Gasteiger partial charge in [-0.05, 0) is 36.9 Å². The van der Waals surface area contributed by atoms with Crippen molar-refractivity contribution >= 4 is 11.6 Å². The summed E-state index contributed by atoms with van der Waals surface area (Å²) in [5, 5.41) is 4.77. The lowest BCUT2D eigenvalue weighted by atomic mass is 9.97. The smallest absolute Gasteiger partial charge is 0.226 e. The van der Waals surface area contributed by atoms with E-state index in [0.717, 1.165) is 42.8 Å². The molecule has 0 fully saturated rings. The number of aromatic nitrogens is 2. The Labute approximate surface area is 130 Å². The first-order valence-corrected chi connectivity index (χ1v) is 7.85. The number of nitrogens with two attached hydrogens (primary N) is 1. The summed E-state index contributed by atoms with van der Waals surface area (Å²) in [5.41, 5.74) is 6.63. The highest BCUT2D eigenvalue weighted by atomic mass is 35.5. The number of benzene rings is 1. The topological polar surface area (TPSA) is 64.9 Å². The summed E-state index contributed by atoms with van der Waals surface area (Å²) < 4.78 is 5.31. The fourth-order valence-electron chi connectivity index (χ4n) is 2.39. The summed E-state index contributed by atoms with van der Waals surface area (Å²) >= 11 is 6.14. The lowest BCUT2D eigenvalue weighted by Gasteiger charge is -2.11. The zero-order valence-electron chi connectivity index (χ0n) is 12.4. The lowest BCUT2D eigenvalue weighted by molar-refractivity contribution is 0.351. The van der Waals surface area contributed by atoms with Crippen molar-refractivity contribution in [3.05, 3.63) is 46.6 Å². The van der Waals surface area contributed by atoms with E-state index in [1.807, 2.05) is 24.3 Å². The van der Waals surface area contributed by atoms with Gasteiger partial charge in [-0.1, -0.05) is 48.3 Å². The molecule has 0 spiro atoms. The van der Waals surface area contributed by atoms with Crippen LogP contribution in [0.15, 0.2) is 28.8 Å². The molecule has 5 heteroatoms. The van der Waals surface area contributed by atoms with E-state index >= 15 is 0 Å². The molecule has 0 saturated carbocycles. The molecule has 0 saturated heterocycles. The fourth-order valence-corrected chi connectivity index (χ4v) is 2.59. The molecule has 114 valence electrons. The maximum atomic E-state index is 6.14. The van der Waals surface area contributed by atoms with Gasteiger partial charge in [0.15, 0.2) is 5.82 Å². The zero-order chi connectivity index (χ0) is 15.1. The van der Waals surface area contributed by atoms with Crippen molar-refractivity contribution in [2.45, 2.75) is 39.0 Å². The highest BCUT2D eigenvalue weighted by Gasteiger charge is 2.11. The summed E-state index contributed by atoms with van der Waals surface area (Å²) in [5.74, 6) is 2.02. The third kappa shape index (κ3) is 4.83. The first-order chi connectivity index (χ1) is 10.2. The molecule has 1 atom stereocenters. The van der Waals surface area contributed by atoms with Crippen LogP contribution in [0.2, 0.25) is 5.02 Å². The molecule has 0 aliphatic carbocycles. The number of hydrogen-bond donors (Lipinski definition) is 1. The van der Waals surface area contributed by atoms with Crippen LogP contribution in [0.5, 0.6) is 0 Å². The molecule has 2 aromatic rings. The minimum absolute atomic E-state index is 0.600. The highest BCUT2D eigenvalue weighted by molar-refractivity contribution is 6.31. The third-order valence-electron chi connectivity index (χ3n) is 3.74. The van der Waals surface area contributed by atoms with Crippen molar-refractivity contribution in [3.63, 3.8) is 0 Å². The highest BCUT2D eigenvalue weighted by Crippen LogP contribution is 2.19. The number of rotatable bonds is 8. The van der Waals surface area contributed by atoms with Crippen LogP contribution in [-0.2, 0) is 12.8 Å². The van der Waals surface area contributed by atoms with Crippen molar-refractivity contribution < 1.29 is 4.52 Å². The van der Waals surface area contributed by atoms with Crippen LogP contribution in [0.4, 0.5) is 0 Å². The quantitative estimate of drug-likeness (QED) is 0.809. The number of nitrogens with zero attached hydrogens (tertiary/aromatic N) is 2. The van der Waals surface area contributed by atoms with Gasteiger partial charge in [0, 0.05) is 17.9 Å². The molecular formula is C16H22ClN3O. The van der Waals surface area contributed by atoms with Crippen molar-refractivity contribution in [3.8, 4) is 0 Å². The minimum Gasteiger partial charge on any atom is -0.339 e. The monoisotopic (exact) mass is 307 g/mol. The van der Waals surface area contributed by atoms with E-state index in [0.29, 0.717) is 24.1 Å². The van der Waals surface area contributed by atoms with Gasteiger partial charge in [0.2, 0.25) is 5.89 Å². The Morgan fingerprint density at radius 2 is 2.10 bits per heavy atom. The summed E-state index contributed by atoms with van der Waals surface area (Å²) in [6.07, 6.45) is 4.65. The average Bonchev–Trinajstić information content (AvgIpc) is 2.93. The standard InChI is InChI=1S/C16H22ClN3O/c1-2-12(9-10-18)7-8-16-19-15(20-21-16)11-13-5-3-4-6-14(13)17/h3-6,12H,2,7-11,18H2,1H3. The minimum atomic E-state index is 0.600. The van der Waals surface area contributed by atoms with Crippen LogP contribution in [0.3, 0.4) is 0 Å². The molecule has 0 amide bonds. The molecule has 4 nitrogen and oxygen atoms in total. The Kier molecular flexibility index (Phi) is 6.21. The van der Waals surface area contributed by atoms with Crippen LogP contribution in [-0.4, -0.2) is 16.7 Å². The van der Waals surface area contributed by atoms with Crippen LogP contribution < -0.4 is 5.73 Å². The normalized spacial score (nSPS) is 12.5. The van der Waals surface area contributed by atoms with Gasteiger partial charge in [-0.15, -0.1) is 0 Å². The molecule has 0 radical (unpaired) electrons. The predicted octanol–water partition coefficient (Wildman–Crippen LogP) is 3.62. The molecule has 1 aromatic heterocycles. The van der Waals surface area contributed by atoms with E-state index in [9.17, 15) is 0 Å². The Morgan fingerprint density at radius 3 is 2.81 bits per heavy atom.